The van der Waals surface area contributed by atoms with Gasteiger partial charge in [0.1, 0.15) is 5.82 Å². The lowest BCUT2D eigenvalue weighted by Crippen LogP contribution is -1.93. The van der Waals surface area contributed by atoms with E-state index in [-0.39, 0.29) is 5.82 Å². The third-order valence-corrected chi connectivity index (χ3v) is 3.43. The van der Waals surface area contributed by atoms with Gasteiger partial charge in [0.2, 0.25) is 0 Å². The summed E-state index contributed by atoms with van der Waals surface area (Å²) < 4.78 is 15.0. The Morgan fingerprint density at radius 3 is 3.00 bits per heavy atom. The van der Waals surface area contributed by atoms with Crippen LogP contribution in [0.15, 0.2) is 35.7 Å². The summed E-state index contributed by atoms with van der Waals surface area (Å²) in [7, 11) is 1.89. The lowest BCUT2D eigenvalue weighted by atomic mass is 10.1. The Morgan fingerprint density at radius 1 is 1.53 bits per heavy atom. The Kier molecular flexibility index (Phi) is 3.45. The SMILES string of the molecule is Cn1ccnc1SCc1cc(F)ccc1C#N. The topological polar surface area (TPSA) is 41.6 Å². The maximum Gasteiger partial charge on any atom is 0.167 e. The number of hydrogen-bond donors (Lipinski definition) is 0. The zero-order valence-electron chi connectivity index (χ0n) is 9.22. The van der Waals surface area contributed by atoms with E-state index in [1.807, 2.05) is 17.8 Å². The number of aryl methyl sites for hydroxylation is 1. The normalized spacial score (nSPS) is 10.2. The van der Waals surface area contributed by atoms with Gasteiger partial charge >= 0.3 is 0 Å². The fraction of sp³-hybridized carbons (Fsp3) is 0.167. The molecule has 3 nitrogen and oxygen atoms in total. The van der Waals surface area contributed by atoms with Crippen LogP contribution in [0.4, 0.5) is 4.39 Å². The summed E-state index contributed by atoms with van der Waals surface area (Å²) in [6.45, 7) is 0. The fourth-order valence-electron chi connectivity index (χ4n) is 1.42. The molecule has 1 heterocycles. The molecule has 2 aromatic rings. The first-order valence-corrected chi connectivity index (χ1v) is 5.98. The van der Waals surface area contributed by atoms with E-state index in [0.717, 1.165) is 5.16 Å². The van der Waals surface area contributed by atoms with Crippen LogP contribution in [0.3, 0.4) is 0 Å². The van der Waals surface area contributed by atoms with E-state index >= 15 is 0 Å². The molecule has 0 unspecified atom stereocenters. The molecule has 1 aromatic carbocycles. The Hall–Kier alpha value is -1.80. The summed E-state index contributed by atoms with van der Waals surface area (Å²) >= 11 is 1.48. The molecule has 86 valence electrons. The van der Waals surface area contributed by atoms with Crippen molar-refractivity contribution in [3.63, 3.8) is 0 Å². The standard InChI is InChI=1S/C12H10FN3S/c1-16-5-4-15-12(16)17-8-10-6-11(13)3-2-9(10)7-14/h2-6H,8H2,1H3. The van der Waals surface area contributed by atoms with E-state index < -0.39 is 0 Å². The van der Waals surface area contributed by atoms with Crippen LogP contribution in [0.2, 0.25) is 0 Å². The summed E-state index contributed by atoms with van der Waals surface area (Å²) in [5.41, 5.74) is 1.20. The Bertz CT molecular complexity index is 571. The zero-order chi connectivity index (χ0) is 12.3. The molecule has 5 heteroatoms. The number of thioether (sulfide) groups is 1. The molecule has 0 radical (unpaired) electrons. The molecule has 0 amide bonds. The number of rotatable bonds is 3. The number of halogens is 1. The van der Waals surface area contributed by atoms with Gasteiger partial charge in [0, 0.05) is 25.2 Å². The van der Waals surface area contributed by atoms with Gasteiger partial charge < -0.3 is 4.57 Å². The van der Waals surface area contributed by atoms with Gasteiger partial charge in [0.05, 0.1) is 11.6 Å². The first-order chi connectivity index (χ1) is 8.20. The van der Waals surface area contributed by atoms with Crippen LogP contribution >= 0.6 is 11.8 Å². The summed E-state index contributed by atoms with van der Waals surface area (Å²) in [5, 5.41) is 9.76. The quantitative estimate of drug-likeness (QED) is 0.783. The highest BCUT2D eigenvalue weighted by Crippen LogP contribution is 2.23. The second-order valence-corrected chi connectivity index (χ2v) is 4.47. The van der Waals surface area contributed by atoms with Gasteiger partial charge in [-0.05, 0) is 23.8 Å². The second kappa shape index (κ2) is 5.02. The first-order valence-electron chi connectivity index (χ1n) is 4.99. The van der Waals surface area contributed by atoms with Crippen LogP contribution in [-0.2, 0) is 12.8 Å². The summed E-state index contributed by atoms with van der Waals surface area (Å²) in [6, 6.07) is 6.26. The number of aromatic nitrogens is 2. The maximum absolute atomic E-state index is 13.1. The number of benzene rings is 1. The fourth-order valence-corrected chi connectivity index (χ4v) is 2.35. The van der Waals surface area contributed by atoms with E-state index in [4.69, 9.17) is 5.26 Å². The molecule has 0 atom stereocenters. The van der Waals surface area contributed by atoms with Crippen LogP contribution in [0.25, 0.3) is 0 Å². The molecular weight excluding hydrogens is 237 g/mol. The molecule has 0 fully saturated rings. The zero-order valence-corrected chi connectivity index (χ0v) is 10.0. The molecule has 0 aliphatic heterocycles. The average molecular weight is 247 g/mol. The van der Waals surface area contributed by atoms with E-state index in [9.17, 15) is 4.39 Å². The smallest absolute Gasteiger partial charge is 0.167 e. The summed E-state index contributed by atoms with van der Waals surface area (Å²) in [4.78, 5) is 4.16. The van der Waals surface area contributed by atoms with Crippen LogP contribution < -0.4 is 0 Å². The average Bonchev–Trinajstić information content (AvgIpc) is 2.72. The van der Waals surface area contributed by atoms with E-state index in [0.29, 0.717) is 16.9 Å². The van der Waals surface area contributed by atoms with Crippen molar-refractivity contribution in [2.24, 2.45) is 7.05 Å². The number of nitriles is 1. The van der Waals surface area contributed by atoms with Crippen molar-refractivity contribution in [3.05, 3.63) is 47.5 Å². The minimum absolute atomic E-state index is 0.320. The van der Waals surface area contributed by atoms with Crippen LogP contribution in [0, 0.1) is 17.1 Å². The molecule has 0 spiro atoms. The summed E-state index contributed by atoms with van der Waals surface area (Å²) in [5.74, 6) is 0.213. The molecule has 0 saturated heterocycles. The van der Waals surface area contributed by atoms with Crippen molar-refractivity contribution in [2.45, 2.75) is 10.9 Å². The Balaban J connectivity index is 2.17. The van der Waals surface area contributed by atoms with Gasteiger partial charge in [0.25, 0.3) is 0 Å². The lowest BCUT2D eigenvalue weighted by molar-refractivity contribution is 0.626. The van der Waals surface area contributed by atoms with E-state index in [1.54, 1.807) is 6.20 Å². The molecule has 1 aromatic heterocycles. The molecule has 0 saturated carbocycles. The van der Waals surface area contributed by atoms with E-state index in [1.165, 1.54) is 30.0 Å². The minimum atomic E-state index is -0.320. The molecule has 2 rings (SSSR count). The van der Waals surface area contributed by atoms with Gasteiger partial charge in [-0.2, -0.15) is 5.26 Å². The molecule has 0 bridgehead atoms. The largest absolute Gasteiger partial charge is 0.329 e. The van der Waals surface area contributed by atoms with Crippen LogP contribution in [-0.4, -0.2) is 9.55 Å². The van der Waals surface area contributed by atoms with Gasteiger partial charge in [-0.1, -0.05) is 11.8 Å². The molecule has 0 aliphatic carbocycles. The van der Waals surface area contributed by atoms with Crippen molar-refractivity contribution in [1.82, 2.24) is 9.55 Å². The van der Waals surface area contributed by atoms with Crippen LogP contribution in [0.1, 0.15) is 11.1 Å². The predicted molar refractivity (Wildman–Crippen MR) is 63.9 cm³/mol. The Labute approximate surface area is 103 Å². The summed E-state index contributed by atoms with van der Waals surface area (Å²) in [6.07, 6.45) is 3.55. The van der Waals surface area contributed by atoms with Crippen molar-refractivity contribution < 1.29 is 4.39 Å². The van der Waals surface area contributed by atoms with Gasteiger partial charge in [-0.15, -0.1) is 0 Å². The van der Waals surface area contributed by atoms with Crippen molar-refractivity contribution in [2.75, 3.05) is 0 Å². The maximum atomic E-state index is 13.1. The molecule has 0 N–H and O–H groups in total. The second-order valence-electron chi connectivity index (χ2n) is 3.52. The van der Waals surface area contributed by atoms with Crippen LogP contribution in [0.5, 0.6) is 0 Å². The van der Waals surface area contributed by atoms with Gasteiger partial charge in [-0.25, -0.2) is 9.37 Å². The lowest BCUT2D eigenvalue weighted by Gasteiger charge is -2.04. The molecular formula is C12H10FN3S. The Morgan fingerprint density at radius 2 is 2.35 bits per heavy atom. The van der Waals surface area contributed by atoms with E-state index in [2.05, 4.69) is 11.1 Å². The number of hydrogen-bond acceptors (Lipinski definition) is 3. The van der Waals surface area contributed by atoms with Crippen molar-refractivity contribution in [1.29, 1.82) is 5.26 Å². The van der Waals surface area contributed by atoms with Gasteiger partial charge in [-0.3, -0.25) is 0 Å². The highest BCUT2D eigenvalue weighted by molar-refractivity contribution is 7.98. The molecule has 0 aliphatic rings. The predicted octanol–water partition coefficient (Wildman–Crippen LogP) is 2.72. The monoisotopic (exact) mass is 247 g/mol. The molecule has 17 heavy (non-hydrogen) atoms. The number of nitrogens with zero attached hydrogens (tertiary/aromatic N) is 3. The minimum Gasteiger partial charge on any atom is -0.329 e. The third kappa shape index (κ3) is 2.66. The number of imidazole rings is 1. The highest BCUT2D eigenvalue weighted by Gasteiger charge is 2.06. The van der Waals surface area contributed by atoms with Crippen molar-refractivity contribution in [3.8, 4) is 6.07 Å². The highest BCUT2D eigenvalue weighted by atomic mass is 32.2. The third-order valence-electron chi connectivity index (χ3n) is 2.32. The first kappa shape index (κ1) is 11.7. The van der Waals surface area contributed by atoms with Crippen molar-refractivity contribution >= 4 is 11.8 Å². The van der Waals surface area contributed by atoms with Gasteiger partial charge in [0.15, 0.2) is 5.16 Å².